The quantitative estimate of drug-likeness (QED) is 0.914. The Morgan fingerprint density at radius 1 is 1.56 bits per heavy atom. The van der Waals surface area contributed by atoms with E-state index in [-0.39, 0.29) is 22.6 Å². The summed E-state index contributed by atoms with van der Waals surface area (Å²) in [7, 11) is 0. The molecule has 0 amide bonds. The van der Waals surface area contributed by atoms with E-state index >= 15 is 0 Å². The van der Waals surface area contributed by atoms with Gasteiger partial charge in [-0.3, -0.25) is 4.79 Å². The number of carbonyl (C=O) groups is 1. The Morgan fingerprint density at radius 3 is 3.00 bits per heavy atom. The Morgan fingerprint density at radius 2 is 2.33 bits per heavy atom. The van der Waals surface area contributed by atoms with E-state index in [9.17, 15) is 9.18 Å². The molecule has 1 atom stereocenters. The second-order valence-corrected chi connectivity index (χ2v) is 5.56. The van der Waals surface area contributed by atoms with Gasteiger partial charge in [0.1, 0.15) is 11.6 Å². The highest BCUT2D eigenvalue weighted by molar-refractivity contribution is 6.30. The van der Waals surface area contributed by atoms with Crippen molar-refractivity contribution in [3.05, 3.63) is 34.6 Å². The van der Waals surface area contributed by atoms with Crippen molar-refractivity contribution in [3.63, 3.8) is 0 Å². The van der Waals surface area contributed by atoms with Crippen LogP contribution in [-0.2, 0) is 11.2 Å². The molecule has 98 valence electrons. The van der Waals surface area contributed by atoms with Crippen LogP contribution in [-0.4, -0.2) is 18.9 Å². The number of carbonyl (C=O) groups excluding carboxylic acids is 1. The minimum absolute atomic E-state index is 0.0761. The highest BCUT2D eigenvalue weighted by Gasteiger charge is 2.34. The van der Waals surface area contributed by atoms with E-state index in [1.807, 2.05) is 6.92 Å². The zero-order valence-corrected chi connectivity index (χ0v) is 11.2. The molecule has 0 radical (unpaired) electrons. The number of hydrogen-bond acceptors (Lipinski definition) is 2. The Balaban J connectivity index is 2.13. The summed E-state index contributed by atoms with van der Waals surface area (Å²) >= 11 is 5.72. The Labute approximate surface area is 112 Å². The van der Waals surface area contributed by atoms with Gasteiger partial charge in [0, 0.05) is 18.4 Å². The monoisotopic (exact) mass is 269 g/mol. The first-order chi connectivity index (χ1) is 8.53. The lowest BCUT2D eigenvalue weighted by Crippen LogP contribution is -2.44. The molecule has 0 aliphatic carbocycles. The number of ketones is 1. The van der Waals surface area contributed by atoms with Crippen molar-refractivity contribution < 1.29 is 9.18 Å². The number of benzene rings is 1. The van der Waals surface area contributed by atoms with Gasteiger partial charge in [0.05, 0.1) is 5.02 Å². The van der Waals surface area contributed by atoms with E-state index in [2.05, 4.69) is 5.32 Å². The van der Waals surface area contributed by atoms with Gasteiger partial charge in [-0.25, -0.2) is 4.39 Å². The topological polar surface area (TPSA) is 29.1 Å². The van der Waals surface area contributed by atoms with E-state index in [4.69, 9.17) is 11.6 Å². The molecule has 1 aromatic carbocycles. The predicted octanol–water partition coefficient (Wildman–Crippen LogP) is 2.98. The smallest absolute Gasteiger partial charge is 0.145 e. The number of Topliss-reactive ketones (excluding diaryl/α,β-unsaturated/α-hetero) is 1. The van der Waals surface area contributed by atoms with Crippen LogP contribution in [0.1, 0.15) is 25.3 Å². The van der Waals surface area contributed by atoms with Crippen molar-refractivity contribution in [2.75, 3.05) is 13.1 Å². The predicted molar refractivity (Wildman–Crippen MR) is 70.3 cm³/mol. The Bertz CT molecular complexity index is 455. The molecule has 0 saturated carbocycles. The van der Waals surface area contributed by atoms with Crippen LogP contribution in [0.25, 0.3) is 0 Å². The molecule has 1 unspecified atom stereocenters. The van der Waals surface area contributed by atoms with Crippen LogP contribution < -0.4 is 5.32 Å². The fraction of sp³-hybridized carbons (Fsp3) is 0.500. The van der Waals surface area contributed by atoms with Crippen molar-refractivity contribution in [1.29, 1.82) is 0 Å². The van der Waals surface area contributed by atoms with Crippen LogP contribution in [0.2, 0.25) is 5.02 Å². The van der Waals surface area contributed by atoms with Gasteiger partial charge in [-0.2, -0.15) is 0 Å². The molecular formula is C14H17ClFNO. The molecule has 1 fully saturated rings. The molecule has 1 heterocycles. The molecule has 2 rings (SSSR count). The van der Waals surface area contributed by atoms with Crippen LogP contribution >= 0.6 is 11.6 Å². The van der Waals surface area contributed by atoms with Crippen molar-refractivity contribution >= 4 is 17.4 Å². The van der Waals surface area contributed by atoms with Gasteiger partial charge in [-0.1, -0.05) is 30.7 Å². The number of nitrogens with one attached hydrogen (secondary N) is 1. The maximum absolute atomic E-state index is 13.8. The van der Waals surface area contributed by atoms with Gasteiger partial charge in [-0.15, -0.1) is 0 Å². The molecule has 4 heteroatoms. The summed E-state index contributed by atoms with van der Waals surface area (Å²) in [4.78, 5) is 12.3. The molecule has 1 aliphatic rings. The Kier molecular flexibility index (Phi) is 4.03. The molecule has 2 nitrogen and oxygen atoms in total. The molecule has 18 heavy (non-hydrogen) atoms. The summed E-state index contributed by atoms with van der Waals surface area (Å²) in [5, 5.41) is 3.30. The van der Waals surface area contributed by atoms with Gasteiger partial charge in [0.2, 0.25) is 0 Å². The Hall–Kier alpha value is -0.930. The third kappa shape index (κ3) is 2.73. The second kappa shape index (κ2) is 5.37. The lowest BCUT2D eigenvalue weighted by Gasteiger charge is -2.32. The zero-order valence-electron chi connectivity index (χ0n) is 10.4. The van der Waals surface area contributed by atoms with Crippen LogP contribution in [0.3, 0.4) is 0 Å². The summed E-state index contributed by atoms with van der Waals surface area (Å²) < 4.78 is 13.8. The number of halogens is 2. The van der Waals surface area contributed by atoms with Gasteiger partial charge >= 0.3 is 0 Å². The van der Waals surface area contributed by atoms with E-state index in [1.165, 1.54) is 6.07 Å². The molecule has 1 aromatic rings. The largest absolute Gasteiger partial charge is 0.316 e. The lowest BCUT2D eigenvalue weighted by atomic mass is 9.77. The van der Waals surface area contributed by atoms with E-state index in [0.717, 1.165) is 19.4 Å². The first-order valence-corrected chi connectivity index (χ1v) is 6.58. The number of piperidine rings is 1. The molecule has 1 N–H and O–H groups in total. The molecule has 1 saturated heterocycles. The van der Waals surface area contributed by atoms with Crippen LogP contribution in [0.15, 0.2) is 18.2 Å². The van der Waals surface area contributed by atoms with Gasteiger partial charge < -0.3 is 5.32 Å². The van der Waals surface area contributed by atoms with Crippen molar-refractivity contribution in [1.82, 2.24) is 5.32 Å². The standard InChI is InChI=1S/C14H17ClFNO/c1-14(6-3-7-17-9-14)12(18)8-10-4-2-5-11(15)13(10)16/h2,4-5,17H,3,6-9H2,1H3. The second-order valence-electron chi connectivity index (χ2n) is 5.15. The fourth-order valence-electron chi connectivity index (χ4n) is 2.37. The summed E-state index contributed by atoms with van der Waals surface area (Å²) in [5.74, 6) is -0.393. The minimum Gasteiger partial charge on any atom is -0.316 e. The summed E-state index contributed by atoms with van der Waals surface area (Å²) in [6.45, 7) is 3.58. The molecule has 0 spiro atoms. The number of hydrogen-bond donors (Lipinski definition) is 1. The average Bonchev–Trinajstić information content (AvgIpc) is 2.36. The van der Waals surface area contributed by atoms with Crippen molar-refractivity contribution in [2.45, 2.75) is 26.2 Å². The summed E-state index contributed by atoms with van der Waals surface area (Å²) in [5.41, 5.74) is 0.00630. The number of rotatable bonds is 3. The third-order valence-corrected chi connectivity index (χ3v) is 3.94. The third-order valence-electron chi connectivity index (χ3n) is 3.65. The fourth-order valence-corrected chi connectivity index (χ4v) is 2.56. The average molecular weight is 270 g/mol. The summed E-state index contributed by atoms with van der Waals surface area (Å²) in [6.07, 6.45) is 1.96. The van der Waals surface area contributed by atoms with E-state index in [0.29, 0.717) is 12.1 Å². The summed E-state index contributed by atoms with van der Waals surface area (Å²) in [6, 6.07) is 4.79. The SMILES string of the molecule is CC1(C(=O)Cc2cccc(Cl)c2F)CCCNC1. The van der Waals surface area contributed by atoms with E-state index < -0.39 is 5.82 Å². The highest BCUT2D eigenvalue weighted by Crippen LogP contribution is 2.29. The minimum atomic E-state index is -0.472. The maximum Gasteiger partial charge on any atom is 0.145 e. The van der Waals surface area contributed by atoms with Gasteiger partial charge in [0.25, 0.3) is 0 Å². The van der Waals surface area contributed by atoms with Crippen LogP contribution in [0.4, 0.5) is 4.39 Å². The molecule has 1 aliphatic heterocycles. The van der Waals surface area contributed by atoms with Gasteiger partial charge in [0.15, 0.2) is 0 Å². The lowest BCUT2D eigenvalue weighted by molar-refractivity contribution is -0.128. The normalized spacial score (nSPS) is 23.9. The maximum atomic E-state index is 13.8. The molecule has 0 bridgehead atoms. The zero-order chi connectivity index (χ0) is 13.2. The van der Waals surface area contributed by atoms with Crippen molar-refractivity contribution in [2.24, 2.45) is 5.41 Å². The van der Waals surface area contributed by atoms with Crippen molar-refractivity contribution in [3.8, 4) is 0 Å². The first-order valence-electron chi connectivity index (χ1n) is 6.20. The van der Waals surface area contributed by atoms with Crippen LogP contribution in [0, 0.1) is 11.2 Å². The van der Waals surface area contributed by atoms with Crippen LogP contribution in [0.5, 0.6) is 0 Å². The highest BCUT2D eigenvalue weighted by atomic mass is 35.5. The van der Waals surface area contributed by atoms with Gasteiger partial charge in [-0.05, 0) is 31.0 Å². The first kappa shape index (κ1) is 13.5. The molecule has 0 aromatic heterocycles. The van der Waals surface area contributed by atoms with E-state index in [1.54, 1.807) is 12.1 Å². The molecular weight excluding hydrogens is 253 g/mol.